The topological polar surface area (TPSA) is 47.7 Å². The molecule has 0 heterocycles. The van der Waals surface area contributed by atoms with Gasteiger partial charge in [-0.05, 0) is 0 Å². The molecule has 0 saturated carbocycles. The van der Waals surface area contributed by atoms with Crippen molar-refractivity contribution >= 4 is 41.2 Å². The van der Waals surface area contributed by atoms with Gasteiger partial charge >= 0.3 is 87.5 Å². The first-order chi connectivity index (χ1) is 5.61. The Morgan fingerprint density at radius 3 is 1.75 bits per heavy atom. The van der Waals surface area contributed by atoms with Crippen molar-refractivity contribution in [2.45, 2.75) is 0 Å². The molecule has 1 rings (SSSR count). The molecule has 1 aromatic carbocycles. The maximum absolute atomic E-state index is 7.34. The standard InChI is InChI=1S/C8H6N2Se2/c9-7(11)5-2-1-3-6(4-5)8(10)12/h1-4,9-10H. The third-order valence-corrected chi connectivity index (χ3v) is 2.38. The summed E-state index contributed by atoms with van der Waals surface area (Å²) in [7, 11) is 0. The molecule has 12 heavy (non-hydrogen) atoms. The summed E-state index contributed by atoms with van der Waals surface area (Å²) in [4.78, 5) is 0. The van der Waals surface area contributed by atoms with Crippen molar-refractivity contribution in [3.8, 4) is 0 Å². The summed E-state index contributed by atoms with van der Waals surface area (Å²) in [5.41, 5.74) is 1.63. The molecule has 2 N–H and O–H groups in total. The number of hydrogen-bond acceptors (Lipinski definition) is 2. The van der Waals surface area contributed by atoms with Gasteiger partial charge in [0.05, 0.1) is 0 Å². The summed E-state index contributed by atoms with van der Waals surface area (Å²) in [5, 5.41) is 14.7. The third-order valence-electron chi connectivity index (χ3n) is 1.39. The summed E-state index contributed by atoms with van der Waals surface area (Å²) in [6.45, 7) is 0. The normalized spacial score (nSPS) is 9.33. The van der Waals surface area contributed by atoms with Gasteiger partial charge in [-0.1, -0.05) is 0 Å². The van der Waals surface area contributed by atoms with Crippen molar-refractivity contribution < 1.29 is 0 Å². The van der Waals surface area contributed by atoms with E-state index in [-0.39, 0.29) is 0 Å². The second-order valence-corrected chi connectivity index (χ2v) is 3.95. The zero-order valence-corrected chi connectivity index (χ0v) is 9.55. The Morgan fingerprint density at radius 1 is 1.00 bits per heavy atom. The van der Waals surface area contributed by atoms with E-state index in [2.05, 4.69) is 32.0 Å². The van der Waals surface area contributed by atoms with Gasteiger partial charge in [0.15, 0.2) is 0 Å². The zero-order chi connectivity index (χ0) is 9.14. The molecule has 0 unspecified atom stereocenters. The quantitative estimate of drug-likeness (QED) is 0.594. The SMILES string of the molecule is N=C([Se])c1cccc(C(=N)[Se])c1. The van der Waals surface area contributed by atoms with Crippen molar-refractivity contribution in [1.82, 2.24) is 0 Å². The molecule has 1 aromatic rings. The monoisotopic (exact) mass is 290 g/mol. The Labute approximate surface area is 87.4 Å². The van der Waals surface area contributed by atoms with Gasteiger partial charge in [-0.2, -0.15) is 0 Å². The Balaban J connectivity index is 3.12. The van der Waals surface area contributed by atoms with E-state index >= 15 is 0 Å². The molecule has 0 aliphatic rings. The van der Waals surface area contributed by atoms with Crippen LogP contribution in [0.5, 0.6) is 0 Å². The molecule has 2 nitrogen and oxygen atoms in total. The van der Waals surface area contributed by atoms with Gasteiger partial charge in [0.2, 0.25) is 0 Å². The first kappa shape index (κ1) is 9.69. The molecule has 0 atom stereocenters. The van der Waals surface area contributed by atoms with Crippen molar-refractivity contribution in [3.63, 3.8) is 0 Å². The van der Waals surface area contributed by atoms with Gasteiger partial charge < -0.3 is 0 Å². The first-order valence-electron chi connectivity index (χ1n) is 3.23. The maximum atomic E-state index is 7.34. The van der Waals surface area contributed by atoms with E-state index in [4.69, 9.17) is 10.8 Å². The molecule has 60 valence electrons. The van der Waals surface area contributed by atoms with Crippen molar-refractivity contribution in [3.05, 3.63) is 35.4 Å². The molecule has 0 aliphatic heterocycles. The van der Waals surface area contributed by atoms with Crippen LogP contribution in [0.25, 0.3) is 0 Å². The predicted octanol–water partition coefficient (Wildman–Crippen LogP) is 0.674. The Bertz CT molecular complexity index is 304. The second kappa shape index (κ2) is 4.01. The molecular formula is C8H6N2Se2. The average molecular weight is 288 g/mol. The van der Waals surface area contributed by atoms with E-state index in [0.29, 0.717) is 9.22 Å². The van der Waals surface area contributed by atoms with Crippen LogP contribution < -0.4 is 0 Å². The molecule has 0 saturated heterocycles. The molecule has 0 fully saturated rings. The van der Waals surface area contributed by atoms with Gasteiger partial charge in [0, 0.05) is 0 Å². The van der Waals surface area contributed by atoms with Gasteiger partial charge in [0.1, 0.15) is 0 Å². The van der Waals surface area contributed by atoms with Gasteiger partial charge in [-0.25, -0.2) is 0 Å². The fourth-order valence-corrected chi connectivity index (χ4v) is 1.33. The van der Waals surface area contributed by atoms with Crippen LogP contribution in [0.2, 0.25) is 0 Å². The third kappa shape index (κ3) is 2.29. The molecule has 0 aliphatic carbocycles. The molecule has 4 heteroatoms. The number of benzene rings is 1. The van der Waals surface area contributed by atoms with Gasteiger partial charge in [0.25, 0.3) is 0 Å². The van der Waals surface area contributed by atoms with Gasteiger partial charge in [-0.15, -0.1) is 0 Å². The molecular weight excluding hydrogens is 282 g/mol. The van der Waals surface area contributed by atoms with Crippen LogP contribution in [0.4, 0.5) is 0 Å². The fourth-order valence-electron chi connectivity index (χ4n) is 0.802. The Morgan fingerprint density at radius 2 is 1.42 bits per heavy atom. The summed E-state index contributed by atoms with van der Waals surface area (Å²) in [5.74, 6) is 0. The van der Waals surface area contributed by atoms with Crippen LogP contribution in [-0.2, 0) is 0 Å². The molecule has 2 radical (unpaired) electrons. The first-order valence-corrected chi connectivity index (χ1v) is 4.94. The molecule has 0 amide bonds. The van der Waals surface area contributed by atoms with Crippen molar-refractivity contribution in [2.75, 3.05) is 0 Å². The van der Waals surface area contributed by atoms with E-state index in [1.165, 1.54) is 0 Å². The Hall–Kier alpha value is -0.401. The van der Waals surface area contributed by atoms with Crippen molar-refractivity contribution in [1.29, 1.82) is 10.8 Å². The van der Waals surface area contributed by atoms with E-state index in [9.17, 15) is 0 Å². The van der Waals surface area contributed by atoms with E-state index in [1.807, 2.05) is 18.2 Å². The summed E-state index contributed by atoms with van der Waals surface area (Å²) >= 11 is 5.25. The van der Waals surface area contributed by atoms with Crippen LogP contribution in [0.3, 0.4) is 0 Å². The van der Waals surface area contributed by atoms with E-state index in [1.54, 1.807) is 6.07 Å². The number of nitrogens with one attached hydrogen (secondary N) is 2. The van der Waals surface area contributed by atoms with Crippen LogP contribution >= 0.6 is 0 Å². The second-order valence-electron chi connectivity index (χ2n) is 2.24. The minimum atomic E-state index is 0.401. The van der Waals surface area contributed by atoms with Crippen LogP contribution in [0.15, 0.2) is 24.3 Å². The molecule has 0 bridgehead atoms. The summed E-state index contributed by atoms with van der Waals surface area (Å²) in [6.07, 6.45) is 0. The number of hydrogen-bond donors (Lipinski definition) is 2. The number of rotatable bonds is 2. The van der Waals surface area contributed by atoms with Crippen LogP contribution in [-0.4, -0.2) is 41.2 Å². The fraction of sp³-hybridized carbons (Fsp3) is 0. The molecule has 0 aromatic heterocycles. The summed E-state index contributed by atoms with van der Waals surface area (Å²) < 4.78 is 0.802. The van der Waals surface area contributed by atoms with E-state index < -0.39 is 0 Å². The minimum absolute atomic E-state index is 0.401. The van der Waals surface area contributed by atoms with Crippen molar-refractivity contribution in [2.24, 2.45) is 0 Å². The Kier molecular flexibility index (Phi) is 3.24. The average Bonchev–Trinajstić information content (AvgIpc) is 2.04. The van der Waals surface area contributed by atoms with Crippen LogP contribution in [0.1, 0.15) is 11.1 Å². The van der Waals surface area contributed by atoms with E-state index in [0.717, 1.165) is 11.1 Å². The predicted molar refractivity (Wildman–Crippen MR) is 51.6 cm³/mol. The van der Waals surface area contributed by atoms with Gasteiger partial charge in [-0.3, -0.25) is 0 Å². The molecule has 0 spiro atoms. The summed E-state index contributed by atoms with van der Waals surface area (Å²) in [6, 6.07) is 7.32. The van der Waals surface area contributed by atoms with Crippen LogP contribution in [0, 0.1) is 10.8 Å². The zero-order valence-electron chi connectivity index (χ0n) is 6.13.